The zero-order valence-corrected chi connectivity index (χ0v) is 15.0. The number of benzene rings is 1. The third-order valence-corrected chi connectivity index (χ3v) is 4.85. The molecule has 7 nitrogen and oxygen atoms in total. The van der Waals surface area contributed by atoms with Crippen molar-refractivity contribution >= 4 is 29.4 Å². The van der Waals surface area contributed by atoms with E-state index < -0.39 is 11.9 Å². The Morgan fingerprint density at radius 2 is 2.04 bits per heavy atom. The molecule has 3 rings (SSSR count). The highest BCUT2D eigenvalue weighted by Gasteiger charge is 2.34. The van der Waals surface area contributed by atoms with Crippen LogP contribution in [0, 0.1) is 12.8 Å². The number of aryl methyl sites for hydroxylation is 1. The Morgan fingerprint density at radius 3 is 2.80 bits per heavy atom. The topological polar surface area (TPSA) is 88.7 Å². The molecule has 1 aliphatic heterocycles. The lowest BCUT2D eigenvalue weighted by atomic mass is 9.97. The van der Waals surface area contributed by atoms with Gasteiger partial charge in [0.15, 0.2) is 0 Å². The first-order valence-corrected chi connectivity index (χ1v) is 8.80. The van der Waals surface area contributed by atoms with Crippen LogP contribution >= 0.6 is 11.8 Å². The molecule has 1 unspecified atom stereocenters. The van der Waals surface area contributed by atoms with Crippen molar-refractivity contribution in [3.05, 3.63) is 41.3 Å². The Hall–Kier alpha value is -2.48. The van der Waals surface area contributed by atoms with E-state index in [0.717, 1.165) is 10.7 Å². The average molecular weight is 358 g/mol. The van der Waals surface area contributed by atoms with Crippen molar-refractivity contribution < 1.29 is 14.0 Å². The van der Waals surface area contributed by atoms with E-state index in [1.165, 1.54) is 29.9 Å². The van der Waals surface area contributed by atoms with Crippen molar-refractivity contribution in [2.75, 3.05) is 7.05 Å². The molecule has 2 heterocycles. The number of urea groups is 1. The molecule has 0 saturated carbocycles. The number of hydrogen-bond donors (Lipinski definition) is 0. The maximum absolute atomic E-state index is 12.2. The summed E-state index contributed by atoms with van der Waals surface area (Å²) in [6.07, 6.45) is 0.240. The van der Waals surface area contributed by atoms with Crippen LogP contribution in [0.15, 0.2) is 38.9 Å². The van der Waals surface area contributed by atoms with Gasteiger partial charge in [-0.05, 0) is 19.4 Å². The predicted molar refractivity (Wildman–Crippen MR) is 93.5 cm³/mol. The second kappa shape index (κ2) is 7.18. The number of thioether (sulfide) groups is 1. The van der Waals surface area contributed by atoms with Crippen LogP contribution in [0.3, 0.4) is 0 Å². The maximum Gasteiger partial charge on any atom is 0.349 e. The van der Waals surface area contributed by atoms with Crippen LogP contribution in [0.2, 0.25) is 0 Å². The van der Waals surface area contributed by atoms with Crippen LogP contribution < -0.4 is 0 Å². The van der Waals surface area contributed by atoms with Crippen molar-refractivity contribution in [3.8, 4) is 0 Å². The Labute approximate surface area is 149 Å². The summed E-state index contributed by atoms with van der Waals surface area (Å²) in [6.45, 7) is 3.71. The molecule has 130 valence electrons. The molecule has 1 aromatic carbocycles. The van der Waals surface area contributed by atoms with Crippen LogP contribution in [0.4, 0.5) is 4.79 Å². The van der Waals surface area contributed by atoms with Gasteiger partial charge in [0.2, 0.25) is 11.8 Å². The van der Waals surface area contributed by atoms with Gasteiger partial charge in [-0.3, -0.25) is 9.69 Å². The molecule has 8 heteroatoms. The molecule has 0 aliphatic carbocycles. The van der Waals surface area contributed by atoms with E-state index in [9.17, 15) is 9.59 Å². The van der Waals surface area contributed by atoms with Crippen LogP contribution in [0.5, 0.6) is 0 Å². The zero-order valence-electron chi connectivity index (χ0n) is 14.2. The summed E-state index contributed by atoms with van der Waals surface area (Å²) in [5.74, 6) is 0.244. The Kier molecular flexibility index (Phi) is 4.98. The Bertz CT molecular complexity index is 846. The van der Waals surface area contributed by atoms with Gasteiger partial charge in [-0.2, -0.15) is 0 Å². The molecular formula is C17H18N4O3S. The van der Waals surface area contributed by atoms with Gasteiger partial charge >= 0.3 is 6.03 Å². The first-order valence-electron chi connectivity index (χ1n) is 7.81. The quantitative estimate of drug-likeness (QED) is 0.764. The molecule has 3 amide bonds. The summed E-state index contributed by atoms with van der Waals surface area (Å²) in [4.78, 5) is 28.6. The standard InChI is InChI=1S/C17H18N4O3S/c1-10-5-4-6-12(7-10)9-25-17-20-19-14(24-17)8-13-11(2)18-16(23)21(3)15(13)22/h4-7,13H,8-9H2,1-3H3. The average Bonchev–Trinajstić information content (AvgIpc) is 3.03. The van der Waals surface area contributed by atoms with Gasteiger partial charge < -0.3 is 4.42 Å². The molecular weight excluding hydrogens is 340 g/mol. The van der Waals surface area contributed by atoms with E-state index in [-0.39, 0.29) is 12.3 Å². The van der Waals surface area contributed by atoms with E-state index in [1.54, 1.807) is 6.92 Å². The number of carbonyl (C=O) groups is 2. The van der Waals surface area contributed by atoms with Gasteiger partial charge in [-0.1, -0.05) is 41.6 Å². The molecule has 0 spiro atoms. The highest BCUT2D eigenvalue weighted by Crippen LogP contribution is 2.24. The molecule has 1 aliphatic rings. The summed E-state index contributed by atoms with van der Waals surface area (Å²) in [5.41, 5.74) is 2.85. The largest absolute Gasteiger partial charge is 0.416 e. The molecule has 0 radical (unpaired) electrons. The van der Waals surface area contributed by atoms with Gasteiger partial charge in [0, 0.05) is 24.9 Å². The van der Waals surface area contributed by atoms with Crippen LogP contribution in [0.25, 0.3) is 0 Å². The van der Waals surface area contributed by atoms with E-state index >= 15 is 0 Å². The second-order valence-electron chi connectivity index (χ2n) is 5.93. The van der Waals surface area contributed by atoms with Crippen molar-refractivity contribution in [1.29, 1.82) is 0 Å². The lowest BCUT2D eigenvalue weighted by Gasteiger charge is -2.24. The molecule has 0 saturated heterocycles. The van der Waals surface area contributed by atoms with Gasteiger partial charge in [0.25, 0.3) is 5.22 Å². The molecule has 1 aromatic heterocycles. The van der Waals surface area contributed by atoms with Crippen molar-refractivity contribution in [3.63, 3.8) is 0 Å². The van der Waals surface area contributed by atoms with Gasteiger partial charge in [-0.15, -0.1) is 10.2 Å². The fourth-order valence-corrected chi connectivity index (χ4v) is 3.27. The van der Waals surface area contributed by atoms with E-state index in [0.29, 0.717) is 16.8 Å². The molecule has 0 fully saturated rings. The van der Waals surface area contributed by atoms with Crippen LogP contribution in [-0.2, 0) is 17.0 Å². The SMILES string of the molecule is CC1=NC(=O)N(C)C(=O)C1Cc1nnc(SCc2cccc(C)c2)o1. The minimum atomic E-state index is -0.544. The lowest BCUT2D eigenvalue weighted by molar-refractivity contribution is -0.129. The van der Waals surface area contributed by atoms with Crippen LogP contribution in [-0.4, -0.2) is 39.8 Å². The summed E-state index contributed by atoms with van der Waals surface area (Å²) in [7, 11) is 1.42. The molecule has 1 atom stereocenters. The maximum atomic E-state index is 12.2. The smallest absolute Gasteiger partial charge is 0.349 e. The Morgan fingerprint density at radius 1 is 1.24 bits per heavy atom. The number of imide groups is 1. The minimum Gasteiger partial charge on any atom is -0.416 e. The number of aliphatic imine (C=N–C) groups is 1. The van der Waals surface area contributed by atoms with Crippen LogP contribution in [0.1, 0.15) is 23.9 Å². The normalized spacial score (nSPS) is 17.8. The molecule has 25 heavy (non-hydrogen) atoms. The molecule has 0 N–H and O–H groups in total. The number of nitrogens with zero attached hydrogens (tertiary/aromatic N) is 4. The van der Waals surface area contributed by atoms with E-state index in [4.69, 9.17) is 4.42 Å². The highest BCUT2D eigenvalue weighted by atomic mass is 32.2. The number of aromatic nitrogens is 2. The fraction of sp³-hybridized carbons (Fsp3) is 0.353. The first kappa shape index (κ1) is 17.3. The van der Waals surface area contributed by atoms with Gasteiger partial charge in [0.1, 0.15) is 0 Å². The first-order chi connectivity index (χ1) is 11.9. The molecule has 0 bridgehead atoms. The van der Waals surface area contributed by atoms with Gasteiger partial charge in [0.05, 0.1) is 5.92 Å². The monoisotopic (exact) mass is 358 g/mol. The molecule has 2 aromatic rings. The zero-order chi connectivity index (χ0) is 18.0. The fourth-order valence-electron chi connectivity index (χ4n) is 2.55. The number of amides is 3. The summed E-state index contributed by atoms with van der Waals surface area (Å²) < 4.78 is 5.63. The second-order valence-corrected chi connectivity index (χ2v) is 6.86. The number of rotatable bonds is 5. The predicted octanol–water partition coefficient (Wildman–Crippen LogP) is 2.88. The van der Waals surface area contributed by atoms with Crippen molar-refractivity contribution in [2.45, 2.75) is 31.2 Å². The summed E-state index contributed by atoms with van der Waals surface area (Å²) in [6, 6.07) is 7.67. The lowest BCUT2D eigenvalue weighted by Crippen LogP contribution is -2.44. The van der Waals surface area contributed by atoms with E-state index in [1.807, 2.05) is 25.1 Å². The van der Waals surface area contributed by atoms with E-state index in [2.05, 4.69) is 21.3 Å². The van der Waals surface area contributed by atoms with Crippen molar-refractivity contribution in [2.24, 2.45) is 10.9 Å². The number of carbonyl (C=O) groups excluding carboxylic acids is 2. The third-order valence-electron chi connectivity index (χ3n) is 3.96. The highest BCUT2D eigenvalue weighted by molar-refractivity contribution is 7.98. The Balaban J connectivity index is 1.64. The summed E-state index contributed by atoms with van der Waals surface area (Å²) in [5, 5.41) is 8.48. The third kappa shape index (κ3) is 3.96. The van der Waals surface area contributed by atoms with Gasteiger partial charge in [-0.25, -0.2) is 9.79 Å². The van der Waals surface area contributed by atoms with Crippen molar-refractivity contribution in [1.82, 2.24) is 15.1 Å². The number of hydrogen-bond acceptors (Lipinski definition) is 6. The minimum absolute atomic E-state index is 0.240. The summed E-state index contributed by atoms with van der Waals surface area (Å²) >= 11 is 1.45.